The van der Waals surface area contributed by atoms with Gasteiger partial charge >= 0.3 is 0 Å². The third kappa shape index (κ3) is 3.13. The van der Waals surface area contributed by atoms with Gasteiger partial charge in [-0.15, -0.1) is 0 Å². The fraction of sp³-hybridized carbons (Fsp3) is 0.333. The van der Waals surface area contributed by atoms with E-state index < -0.39 is 5.91 Å². The molecule has 66 valence electrons. The number of rotatable bonds is 5. The fourth-order valence-electron chi connectivity index (χ4n) is 0.634. The van der Waals surface area contributed by atoms with Gasteiger partial charge in [-0.05, 0) is 6.07 Å². The van der Waals surface area contributed by atoms with Crippen molar-refractivity contribution >= 4 is 5.91 Å². The van der Waals surface area contributed by atoms with Crippen LogP contribution in [-0.2, 0) is 16.2 Å². The van der Waals surface area contributed by atoms with Crippen LogP contribution in [0.2, 0.25) is 0 Å². The molecule has 0 aliphatic carbocycles. The normalized spacial score (nSPS) is 10.0. The number of aromatic nitrogens is 2. The lowest BCUT2D eigenvalue weighted by Gasteiger charge is -2.00. The summed E-state index contributed by atoms with van der Waals surface area (Å²) in [5, 5.41) is 6.44. The van der Waals surface area contributed by atoms with Crippen LogP contribution < -0.4 is 11.2 Å². The lowest BCUT2D eigenvalue weighted by atomic mass is 10.4. The first-order valence-corrected chi connectivity index (χ1v) is 3.40. The van der Waals surface area contributed by atoms with Crippen LogP contribution in [0.1, 0.15) is 5.69 Å². The quantitative estimate of drug-likeness (QED) is 0.387. The molecular weight excluding hydrogens is 160 g/mol. The van der Waals surface area contributed by atoms with Crippen LogP contribution in [0.4, 0.5) is 0 Å². The minimum Gasteiger partial charge on any atom is -0.368 e. The van der Waals surface area contributed by atoms with E-state index in [9.17, 15) is 4.79 Å². The third-order valence-corrected chi connectivity index (χ3v) is 1.14. The second kappa shape index (κ2) is 4.47. The number of nitrogens with zero attached hydrogens (tertiary/aromatic N) is 1. The number of hydroxylamine groups is 1. The molecule has 0 aliphatic heterocycles. The lowest BCUT2D eigenvalue weighted by Crippen LogP contribution is -2.24. The average Bonchev–Trinajstić information content (AvgIpc) is 2.49. The van der Waals surface area contributed by atoms with Gasteiger partial charge in [-0.25, -0.2) is 0 Å². The van der Waals surface area contributed by atoms with Gasteiger partial charge in [-0.1, -0.05) is 0 Å². The number of primary amides is 1. The fourth-order valence-corrected chi connectivity index (χ4v) is 0.634. The third-order valence-electron chi connectivity index (χ3n) is 1.14. The number of nitrogens with one attached hydrogen (secondary N) is 2. The number of hydrogen-bond acceptors (Lipinski definition) is 4. The Kier molecular flexibility index (Phi) is 3.24. The molecular formula is C6H10N4O2. The summed E-state index contributed by atoms with van der Waals surface area (Å²) in [6, 6.07) is 1.79. The van der Waals surface area contributed by atoms with Crippen molar-refractivity contribution in [3.05, 3.63) is 18.0 Å². The van der Waals surface area contributed by atoms with Crippen LogP contribution in [-0.4, -0.2) is 22.7 Å². The molecule has 1 amide bonds. The van der Waals surface area contributed by atoms with E-state index in [0.29, 0.717) is 6.54 Å². The maximum atomic E-state index is 10.2. The first-order valence-electron chi connectivity index (χ1n) is 3.40. The summed E-state index contributed by atoms with van der Waals surface area (Å²) in [4.78, 5) is 14.9. The highest BCUT2D eigenvalue weighted by molar-refractivity contribution is 5.74. The van der Waals surface area contributed by atoms with Gasteiger partial charge in [0.25, 0.3) is 0 Å². The van der Waals surface area contributed by atoms with Crippen molar-refractivity contribution in [2.24, 2.45) is 5.73 Å². The highest BCUT2D eigenvalue weighted by Crippen LogP contribution is 1.88. The molecule has 6 heteroatoms. The van der Waals surface area contributed by atoms with Crippen molar-refractivity contribution in [1.82, 2.24) is 15.7 Å². The van der Waals surface area contributed by atoms with E-state index in [1.807, 2.05) is 0 Å². The highest BCUT2D eigenvalue weighted by atomic mass is 16.6. The molecule has 0 bridgehead atoms. The van der Waals surface area contributed by atoms with Crippen LogP contribution in [0.3, 0.4) is 0 Å². The molecule has 4 N–H and O–H groups in total. The zero-order valence-corrected chi connectivity index (χ0v) is 6.41. The molecule has 0 radical (unpaired) electrons. The van der Waals surface area contributed by atoms with Gasteiger partial charge in [0.2, 0.25) is 5.91 Å². The van der Waals surface area contributed by atoms with Crippen LogP contribution in [0, 0.1) is 0 Å². The topological polar surface area (TPSA) is 93.0 Å². The average molecular weight is 170 g/mol. The molecule has 1 rings (SSSR count). The van der Waals surface area contributed by atoms with Gasteiger partial charge in [-0.2, -0.15) is 10.6 Å². The molecule has 12 heavy (non-hydrogen) atoms. The molecule has 0 saturated carbocycles. The van der Waals surface area contributed by atoms with Crippen LogP contribution in [0.15, 0.2) is 12.3 Å². The van der Waals surface area contributed by atoms with Gasteiger partial charge in [-0.3, -0.25) is 14.7 Å². The summed E-state index contributed by atoms with van der Waals surface area (Å²) >= 11 is 0. The van der Waals surface area contributed by atoms with E-state index >= 15 is 0 Å². The van der Waals surface area contributed by atoms with E-state index in [4.69, 9.17) is 10.6 Å². The maximum absolute atomic E-state index is 10.2. The zero-order valence-electron chi connectivity index (χ0n) is 6.41. The van der Waals surface area contributed by atoms with Crippen LogP contribution in [0.5, 0.6) is 0 Å². The second-order valence-corrected chi connectivity index (χ2v) is 2.16. The summed E-state index contributed by atoms with van der Waals surface area (Å²) in [6.07, 6.45) is 1.63. The Morgan fingerprint density at radius 1 is 1.83 bits per heavy atom. The summed E-state index contributed by atoms with van der Waals surface area (Å²) in [5.41, 5.74) is 8.25. The van der Waals surface area contributed by atoms with Gasteiger partial charge in [0.1, 0.15) is 6.61 Å². The largest absolute Gasteiger partial charge is 0.368 e. The molecule has 1 aromatic heterocycles. The first kappa shape index (κ1) is 8.69. The monoisotopic (exact) mass is 170 g/mol. The molecule has 1 heterocycles. The van der Waals surface area contributed by atoms with Crippen molar-refractivity contribution in [2.75, 3.05) is 6.61 Å². The predicted octanol–water partition coefficient (Wildman–Crippen LogP) is -1.08. The summed E-state index contributed by atoms with van der Waals surface area (Å²) in [5.74, 6) is -0.507. The number of nitrogens with two attached hydrogens (primary N) is 1. The highest BCUT2D eigenvalue weighted by Gasteiger charge is 1.94. The Morgan fingerprint density at radius 3 is 3.25 bits per heavy atom. The minimum atomic E-state index is -0.507. The van der Waals surface area contributed by atoms with Crippen molar-refractivity contribution < 1.29 is 9.63 Å². The van der Waals surface area contributed by atoms with Crippen molar-refractivity contribution in [2.45, 2.75) is 6.54 Å². The SMILES string of the molecule is NC(=O)CONCc1ccn[nH]1. The van der Waals surface area contributed by atoms with Gasteiger partial charge < -0.3 is 5.73 Å². The van der Waals surface area contributed by atoms with Gasteiger partial charge in [0.15, 0.2) is 0 Å². The number of amides is 1. The summed E-state index contributed by atoms with van der Waals surface area (Å²) < 4.78 is 0. The summed E-state index contributed by atoms with van der Waals surface area (Å²) in [6.45, 7) is 0.335. The first-order chi connectivity index (χ1) is 5.79. The summed E-state index contributed by atoms with van der Waals surface area (Å²) in [7, 11) is 0. The lowest BCUT2D eigenvalue weighted by molar-refractivity contribution is -0.125. The molecule has 0 aromatic carbocycles. The predicted molar refractivity (Wildman–Crippen MR) is 40.6 cm³/mol. The van der Waals surface area contributed by atoms with E-state index in [-0.39, 0.29) is 6.61 Å². The van der Waals surface area contributed by atoms with Crippen molar-refractivity contribution in [1.29, 1.82) is 0 Å². The van der Waals surface area contributed by atoms with E-state index in [1.165, 1.54) is 0 Å². The number of carbonyl (C=O) groups is 1. The molecule has 1 aromatic rings. The molecule has 0 saturated heterocycles. The molecule has 0 aliphatic rings. The van der Waals surface area contributed by atoms with E-state index in [0.717, 1.165) is 5.69 Å². The number of H-pyrrole nitrogens is 1. The van der Waals surface area contributed by atoms with E-state index in [1.54, 1.807) is 12.3 Å². The Bertz CT molecular complexity index is 234. The second-order valence-electron chi connectivity index (χ2n) is 2.16. The Labute approximate surface area is 69.0 Å². The van der Waals surface area contributed by atoms with E-state index in [2.05, 4.69) is 15.7 Å². The van der Waals surface area contributed by atoms with Crippen LogP contribution >= 0.6 is 0 Å². The van der Waals surface area contributed by atoms with Gasteiger partial charge in [0, 0.05) is 6.20 Å². The molecule has 0 atom stereocenters. The smallest absolute Gasteiger partial charge is 0.245 e. The Hall–Kier alpha value is -1.40. The minimum absolute atomic E-state index is 0.131. The Balaban J connectivity index is 2.07. The molecule has 6 nitrogen and oxygen atoms in total. The zero-order chi connectivity index (χ0) is 8.81. The Morgan fingerprint density at radius 2 is 2.67 bits per heavy atom. The number of carbonyl (C=O) groups excluding carboxylic acids is 1. The number of aromatic amines is 1. The van der Waals surface area contributed by atoms with Crippen LogP contribution in [0.25, 0.3) is 0 Å². The molecule has 0 spiro atoms. The molecule has 0 fully saturated rings. The maximum Gasteiger partial charge on any atom is 0.245 e. The molecule has 0 unspecified atom stereocenters. The van der Waals surface area contributed by atoms with Gasteiger partial charge in [0.05, 0.1) is 12.2 Å². The number of hydrogen-bond donors (Lipinski definition) is 3. The standard InChI is InChI=1S/C6H10N4O2/c7-6(11)4-12-9-3-5-1-2-8-10-5/h1-2,9H,3-4H2,(H2,7,11)(H,8,10). The van der Waals surface area contributed by atoms with Crippen molar-refractivity contribution in [3.8, 4) is 0 Å². The van der Waals surface area contributed by atoms with Crippen molar-refractivity contribution in [3.63, 3.8) is 0 Å².